The molecule has 0 bridgehead atoms. The van der Waals surface area contributed by atoms with Gasteiger partial charge in [-0.3, -0.25) is 10.2 Å². The Morgan fingerprint density at radius 1 is 1.39 bits per heavy atom. The average molecular weight is 280 g/mol. The Bertz CT molecular complexity index is 677. The molecule has 1 aliphatic carbocycles. The monoisotopic (exact) mass is 280 g/mol. The first-order chi connectivity index (χ1) is 8.65. The maximum atomic E-state index is 5.70. The molecule has 0 radical (unpaired) electrons. The zero-order valence-electron chi connectivity index (χ0n) is 9.71. The van der Waals surface area contributed by atoms with Crippen LogP contribution in [0.5, 0.6) is 0 Å². The molecule has 2 atom stereocenters. The first kappa shape index (κ1) is 11.6. The van der Waals surface area contributed by atoms with Gasteiger partial charge in [0.05, 0.1) is 6.21 Å². The molecule has 18 heavy (non-hydrogen) atoms. The maximum absolute atomic E-state index is 5.70. The number of hydrogen-bond acceptors (Lipinski definition) is 4. The van der Waals surface area contributed by atoms with Crippen molar-refractivity contribution in [2.24, 2.45) is 11.0 Å². The number of H-pyrrole nitrogens is 2. The fourth-order valence-electron chi connectivity index (χ4n) is 1.88. The summed E-state index contributed by atoms with van der Waals surface area (Å²) in [4.78, 5) is 0. The van der Waals surface area contributed by atoms with Crippen LogP contribution in [0, 0.1) is 15.5 Å². The molecule has 5 nitrogen and oxygen atoms in total. The summed E-state index contributed by atoms with van der Waals surface area (Å²) in [7, 11) is 0. The molecule has 2 N–H and O–H groups in total. The topological polar surface area (TPSA) is 62.0 Å². The smallest absolute Gasteiger partial charge is 0.215 e. The normalized spacial score (nSPS) is 22.7. The molecule has 1 aliphatic rings. The molecule has 0 aliphatic heterocycles. The van der Waals surface area contributed by atoms with Gasteiger partial charge in [-0.1, -0.05) is 6.92 Å². The van der Waals surface area contributed by atoms with Crippen LogP contribution in [0.25, 0.3) is 0 Å². The quantitative estimate of drug-likeness (QED) is 0.670. The summed E-state index contributed by atoms with van der Waals surface area (Å²) in [5.74, 6) is 3.05. The van der Waals surface area contributed by atoms with Crippen molar-refractivity contribution in [2.45, 2.75) is 19.3 Å². The molecule has 2 aromatic rings. The highest BCUT2D eigenvalue weighted by Crippen LogP contribution is 2.47. The number of aromatic nitrogens is 3. The molecule has 0 saturated heterocycles. The predicted molar refractivity (Wildman–Crippen MR) is 73.0 cm³/mol. The summed E-state index contributed by atoms with van der Waals surface area (Å²) in [5, 5.41) is 9.61. The minimum absolute atomic E-state index is 0.429. The van der Waals surface area contributed by atoms with Gasteiger partial charge >= 0.3 is 0 Å². The SMILES string of the molecule is C[C@@H]1C[C@@H]1c1ccc(/C=N\n2c(=S)[nH][nH]c2=S)o1. The van der Waals surface area contributed by atoms with Gasteiger partial charge in [-0.05, 0) is 48.9 Å². The van der Waals surface area contributed by atoms with Crippen molar-refractivity contribution in [3.63, 3.8) is 0 Å². The number of aromatic amines is 2. The molecule has 0 unspecified atom stereocenters. The van der Waals surface area contributed by atoms with Crippen molar-refractivity contribution in [3.05, 3.63) is 33.2 Å². The zero-order valence-corrected chi connectivity index (χ0v) is 11.3. The van der Waals surface area contributed by atoms with E-state index in [4.69, 9.17) is 28.9 Å². The number of rotatable bonds is 3. The summed E-state index contributed by atoms with van der Waals surface area (Å²) in [5.41, 5.74) is 0. The summed E-state index contributed by atoms with van der Waals surface area (Å²) in [6.07, 6.45) is 2.82. The lowest BCUT2D eigenvalue weighted by molar-refractivity contribution is 0.500. The molecular formula is C11H12N4OS2. The van der Waals surface area contributed by atoms with E-state index in [0.29, 0.717) is 21.2 Å². The predicted octanol–water partition coefficient (Wildman–Crippen LogP) is 3.20. The van der Waals surface area contributed by atoms with E-state index in [0.717, 1.165) is 11.7 Å². The van der Waals surface area contributed by atoms with Crippen molar-refractivity contribution in [2.75, 3.05) is 0 Å². The summed E-state index contributed by atoms with van der Waals surface area (Å²) >= 11 is 10.1. The van der Waals surface area contributed by atoms with Crippen molar-refractivity contribution < 1.29 is 4.42 Å². The number of hydrogen-bond donors (Lipinski definition) is 2. The Morgan fingerprint density at radius 3 is 2.67 bits per heavy atom. The Hall–Kier alpha value is -1.47. The molecule has 0 amide bonds. The van der Waals surface area contributed by atoms with E-state index in [-0.39, 0.29) is 0 Å². The van der Waals surface area contributed by atoms with Crippen LogP contribution >= 0.6 is 24.4 Å². The highest BCUT2D eigenvalue weighted by Gasteiger charge is 2.36. The third kappa shape index (κ3) is 2.11. The van der Waals surface area contributed by atoms with Crippen molar-refractivity contribution in [3.8, 4) is 0 Å². The van der Waals surface area contributed by atoms with Gasteiger partial charge in [-0.15, -0.1) is 0 Å². The third-order valence-electron chi connectivity index (χ3n) is 3.08. The zero-order chi connectivity index (χ0) is 12.7. The second-order valence-corrected chi connectivity index (χ2v) is 5.25. The summed E-state index contributed by atoms with van der Waals surface area (Å²) < 4.78 is 8.00. The molecule has 0 aromatic carbocycles. The van der Waals surface area contributed by atoms with Crippen LogP contribution in [0.1, 0.15) is 30.8 Å². The lowest BCUT2D eigenvalue weighted by atomic mass is 10.3. The Balaban J connectivity index is 1.82. The lowest BCUT2D eigenvalue weighted by Crippen LogP contribution is -1.89. The van der Waals surface area contributed by atoms with Crippen LogP contribution in [0.15, 0.2) is 21.7 Å². The average Bonchev–Trinajstić information content (AvgIpc) is 2.76. The second kappa shape index (κ2) is 4.33. The maximum Gasteiger partial charge on any atom is 0.215 e. The largest absolute Gasteiger partial charge is 0.460 e. The van der Waals surface area contributed by atoms with Crippen LogP contribution in [0.2, 0.25) is 0 Å². The van der Waals surface area contributed by atoms with Crippen LogP contribution in [-0.2, 0) is 0 Å². The van der Waals surface area contributed by atoms with Crippen molar-refractivity contribution >= 4 is 30.7 Å². The van der Waals surface area contributed by atoms with Gasteiger partial charge in [0.2, 0.25) is 9.54 Å². The molecule has 2 heterocycles. The van der Waals surface area contributed by atoms with E-state index in [1.165, 1.54) is 11.1 Å². The van der Waals surface area contributed by atoms with Gasteiger partial charge in [0.15, 0.2) is 0 Å². The van der Waals surface area contributed by atoms with Crippen molar-refractivity contribution in [1.29, 1.82) is 0 Å². The highest BCUT2D eigenvalue weighted by molar-refractivity contribution is 7.72. The third-order valence-corrected chi connectivity index (χ3v) is 3.63. The lowest BCUT2D eigenvalue weighted by Gasteiger charge is -1.91. The minimum Gasteiger partial charge on any atom is -0.460 e. The van der Waals surface area contributed by atoms with E-state index in [1.54, 1.807) is 6.21 Å². The molecular weight excluding hydrogens is 268 g/mol. The van der Waals surface area contributed by atoms with E-state index in [1.807, 2.05) is 12.1 Å². The van der Waals surface area contributed by atoms with Gasteiger partial charge in [0, 0.05) is 5.92 Å². The van der Waals surface area contributed by atoms with Crippen LogP contribution in [-0.4, -0.2) is 21.1 Å². The molecule has 0 spiro atoms. The number of nitrogens with zero attached hydrogens (tertiary/aromatic N) is 2. The van der Waals surface area contributed by atoms with E-state index in [2.05, 4.69) is 22.2 Å². The molecule has 2 aromatic heterocycles. The second-order valence-electron chi connectivity index (χ2n) is 4.48. The summed E-state index contributed by atoms with van der Waals surface area (Å²) in [6, 6.07) is 3.92. The van der Waals surface area contributed by atoms with E-state index >= 15 is 0 Å². The van der Waals surface area contributed by atoms with Crippen LogP contribution < -0.4 is 0 Å². The highest BCUT2D eigenvalue weighted by atomic mass is 32.1. The van der Waals surface area contributed by atoms with Crippen LogP contribution in [0.3, 0.4) is 0 Å². The number of nitrogens with one attached hydrogen (secondary N) is 2. The first-order valence-corrected chi connectivity index (χ1v) is 6.50. The minimum atomic E-state index is 0.429. The fourth-order valence-corrected chi connectivity index (χ4v) is 2.32. The van der Waals surface area contributed by atoms with Gasteiger partial charge in [0.1, 0.15) is 11.5 Å². The number of furan rings is 1. The molecule has 3 rings (SSSR count). The molecule has 1 fully saturated rings. The van der Waals surface area contributed by atoms with Gasteiger partial charge in [-0.2, -0.15) is 9.78 Å². The Kier molecular flexibility index (Phi) is 2.79. The Morgan fingerprint density at radius 2 is 2.06 bits per heavy atom. The van der Waals surface area contributed by atoms with Gasteiger partial charge < -0.3 is 4.42 Å². The van der Waals surface area contributed by atoms with Crippen LogP contribution in [0.4, 0.5) is 0 Å². The molecule has 94 valence electrons. The Labute approximate surface area is 114 Å². The van der Waals surface area contributed by atoms with E-state index in [9.17, 15) is 0 Å². The molecule has 7 heteroatoms. The first-order valence-electron chi connectivity index (χ1n) is 5.69. The van der Waals surface area contributed by atoms with Gasteiger partial charge in [0.25, 0.3) is 0 Å². The molecule has 1 saturated carbocycles. The summed E-state index contributed by atoms with van der Waals surface area (Å²) in [6.45, 7) is 2.22. The fraction of sp³-hybridized carbons (Fsp3) is 0.364. The van der Waals surface area contributed by atoms with Gasteiger partial charge in [-0.25, -0.2) is 0 Å². The standard InChI is InChI=1S/C11H12N4OS2/c1-6-4-8(6)9-3-2-7(16-9)5-12-15-10(17)13-14-11(15)18/h2-3,5-6,8H,4H2,1H3,(H,13,17)(H,14,18)/b12-5-/t6-,8+/m1/s1. The van der Waals surface area contributed by atoms with E-state index < -0.39 is 0 Å². The van der Waals surface area contributed by atoms with Crippen molar-refractivity contribution in [1.82, 2.24) is 14.9 Å².